The molecule has 3 amide bonds. The minimum Gasteiger partial charge on any atom is -0.481 e. The molecule has 0 spiro atoms. The Labute approximate surface area is 205 Å². The Morgan fingerprint density at radius 1 is 0.800 bits per heavy atom. The maximum atomic E-state index is 12.7. The molecule has 0 fully saturated rings. The minimum atomic E-state index is -1.76. The Morgan fingerprint density at radius 3 is 1.83 bits per heavy atom. The van der Waals surface area contributed by atoms with E-state index in [9.17, 15) is 28.8 Å². The van der Waals surface area contributed by atoms with Gasteiger partial charge in [-0.1, -0.05) is 0 Å². The van der Waals surface area contributed by atoms with Crippen molar-refractivity contribution in [1.82, 2.24) is 16.0 Å². The lowest BCUT2D eigenvalue weighted by Gasteiger charge is -2.24. The molecule has 0 aromatic carbocycles. The summed E-state index contributed by atoms with van der Waals surface area (Å²) in [6, 6.07) is -5.59. The van der Waals surface area contributed by atoms with Crippen LogP contribution in [0.25, 0.3) is 0 Å². The monoisotopic (exact) mass is 521 g/mol. The highest BCUT2D eigenvalue weighted by Gasteiger charge is 2.30. The van der Waals surface area contributed by atoms with Crippen molar-refractivity contribution in [3.63, 3.8) is 0 Å². The lowest BCUT2D eigenvalue weighted by molar-refractivity contribution is -0.147. The summed E-state index contributed by atoms with van der Waals surface area (Å²) in [7, 11) is 0. The van der Waals surface area contributed by atoms with E-state index < -0.39 is 66.2 Å². The number of rotatable bonds is 17. The Hall–Kier alpha value is -3.60. The van der Waals surface area contributed by atoms with Gasteiger partial charge in [-0.3, -0.25) is 29.0 Å². The molecule has 0 rings (SSSR count). The molecule has 35 heavy (non-hydrogen) atoms. The summed E-state index contributed by atoms with van der Waals surface area (Å²) < 4.78 is 0. The molecule has 0 radical (unpaired) electrons. The second kappa shape index (κ2) is 16.1. The van der Waals surface area contributed by atoms with Gasteiger partial charge in [0.2, 0.25) is 17.7 Å². The summed E-state index contributed by atoms with van der Waals surface area (Å²) in [6.45, 7) is 0.0740. The summed E-state index contributed by atoms with van der Waals surface area (Å²) >= 11 is 3.99. The van der Waals surface area contributed by atoms with E-state index in [0.717, 1.165) is 0 Å². The highest BCUT2D eigenvalue weighted by atomic mass is 32.1. The van der Waals surface area contributed by atoms with Crippen LogP contribution in [0.4, 0.5) is 0 Å². The van der Waals surface area contributed by atoms with Crippen LogP contribution in [-0.4, -0.2) is 93.4 Å². The summed E-state index contributed by atoms with van der Waals surface area (Å²) in [4.78, 5) is 74.0. The smallest absolute Gasteiger partial charge is 0.326 e. The molecule has 0 saturated heterocycles. The van der Waals surface area contributed by atoms with Gasteiger partial charge in [0.1, 0.15) is 18.1 Å². The number of carbonyl (C=O) groups excluding carboxylic acids is 3. The number of carboxylic acids is 3. The molecule has 0 aliphatic heterocycles. The number of carbonyl (C=O) groups is 6. The van der Waals surface area contributed by atoms with E-state index in [1.54, 1.807) is 0 Å². The zero-order chi connectivity index (χ0) is 27.1. The molecule has 16 nitrogen and oxygen atoms in total. The van der Waals surface area contributed by atoms with Crippen LogP contribution in [0.3, 0.4) is 0 Å². The van der Waals surface area contributed by atoms with Crippen LogP contribution in [0.15, 0.2) is 4.99 Å². The van der Waals surface area contributed by atoms with E-state index in [1.165, 1.54) is 0 Å². The quantitative estimate of drug-likeness (QED) is 0.0381. The molecular formula is C18H31N7O9S. The number of guanidine groups is 1. The standard InChI is InChI=1S/C18H31N7O9S/c19-8(3-4-12(26)27)14(30)25-11(7-35)16(32)23-9(2-1-5-22-18(20)21)15(31)24-10(17(33)34)6-13(28)29/h8-11,35H,1-7,19H2,(H,23,32)(H,24,31)(H,25,30)(H,26,27)(H,28,29)(H,33,34)(H4,20,21,22). The van der Waals surface area contributed by atoms with Crippen LogP contribution in [0.5, 0.6) is 0 Å². The normalized spacial score (nSPS) is 13.9. The zero-order valence-electron chi connectivity index (χ0n) is 18.7. The summed E-state index contributed by atoms with van der Waals surface area (Å²) in [5.41, 5.74) is 16.1. The average molecular weight is 522 g/mol. The maximum Gasteiger partial charge on any atom is 0.326 e. The van der Waals surface area contributed by atoms with Gasteiger partial charge in [0, 0.05) is 18.7 Å². The number of aliphatic carboxylic acids is 3. The number of hydrogen-bond donors (Lipinski definition) is 10. The average Bonchev–Trinajstić information content (AvgIpc) is 2.76. The molecule has 0 saturated carbocycles. The number of hydrogen-bond acceptors (Lipinski definition) is 9. The molecule has 198 valence electrons. The number of amides is 3. The minimum absolute atomic E-state index is 0.0703. The number of carboxylic acid groups (broad SMARTS) is 3. The fourth-order valence-corrected chi connectivity index (χ4v) is 2.83. The van der Waals surface area contributed by atoms with Gasteiger partial charge in [0.05, 0.1) is 12.5 Å². The van der Waals surface area contributed by atoms with Gasteiger partial charge in [-0.25, -0.2) is 4.79 Å². The van der Waals surface area contributed by atoms with Gasteiger partial charge in [-0.05, 0) is 19.3 Å². The van der Waals surface area contributed by atoms with E-state index in [4.69, 9.17) is 32.5 Å². The second-order valence-electron chi connectivity index (χ2n) is 7.29. The third-order valence-corrected chi connectivity index (χ3v) is 4.76. The Morgan fingerprint density at radius 2 is 1.34 bits per heavy atom. The van der Waals surface area contributed by atoms with Crippen LogP contribution < -0.4 is 33.2 Å². The molecule has 0 aliphatic carbocycles. The zero-order valence-corrected chi connectivity index (χ0v) is 19.6. The van der Waals surface area contributed by atoms with Gasteiger partial charge in [0.15, 0.2) is 5.96 Å². The molecule has 4 atom stereocenters. The molecule has 0 aromatic heterocycles. The van der Waals surface area contributed by atoms with Gasteiger partial charge < -0.3 is 48.5 Å². The number of nitrogens with two attached hydrogens (primary N) is 3. The highest BCUT2D eigenvalue weighted by molar-refractivity contribution is 7.80. The first-order chi connectivity index (χ1) is 16.3. The molecule has 0 heterocycles. The Kier molecular flexibility index (Phi) is 14.4. The van der Waals surface area contributed by atoms with E-state index in [-0.39, 0.29) is 43.9 Å². The predicted octanol–water partition coefficient (Wildman–Crippen LogP) is -3.82. The third kappa shape index (κ3) is 13.6. The van der Waals surface area contributed by atoms with Crippen molar-refractivity contribution >= 4 is 54.2 Å². The number of nitrogens with one attached hydrogen (secondary N) is 3. The van der Waals surface area contributed by atoms with Crippen molar-refractivity contribution in [3.05, 3.63) is 0 Å². The van der Waals surface area contributed by atoms with Gasteiger partial charge in [0.25, 0.3) is 0 Å². The fourth-order valence-electron chi connectivity index (χ4n) is 2.57. The molecule has 0 bridgehead atoms. The second-order valence-corrected chi connectivity index (χ2v) is 7.66. The van der Waals surface area contributed by atoms with Crippen LogP contribution in [-0.2, 0) is 28.8 Å². The fraction of sp³-hybridized carbons (Fsp3) is 0.611. The van der Waals surface area contributed by atoms with E-state index in [1.807, 2.05) is 5.32 Å². The van der Waals surface area contributed by atoms with Crippen molar-refractivity contribution in [2.75, 3.05) is 12.3 Å². The maximum absolute atomic E-state index is 12.7. The lowest BCUT2D eigenvalue weighted by Crippen LogP contribution is -2.57. The first kappa shape index (κ1) is 31.4. The first-order valence-corrected chi connectivity index (χ1v) is 10.9. The molecule has 17 heteroatoms. The van der Waals surface area contributed by atoms with E-state index in [0.29, 0.717) is 0 Å². The molecule has 12 N–H and O–H groups in total. The molecule has 4 unspecified atom stereocenters. The number of aliphatic imine (C=N–C) groups is 1. The number of thiol groups is 1. The molecular weight excluding hydrogens is 490 g/mol. The largest absolute Gasteiger partial charge is 0.481 e. The van der Waals surface area contributed by atoms with Gasteiger partial charge in [-0.15, -0.1) is 0 Å². The van der Waals surface area contributed by atoms with Crippen LogP contribution in [0.1, 0.15) is 32.1 Å². The number of nitrogens with zero attached hydrogens (tertiary/aromatic N) is 1. The first-order valence-electron chi connectivity index (χ1n) is 10.3. The van der Waals surface area contributed by atoms with Crippen LogP contribution >= 0.6 is 12.6 Å². The Balaban J connectivity index is 5.40. The van der Waals surface area contributed by atoms with Crippen molar-refractivity contribution in [1.29, 1.82) is 0 Å². The van der Waals surface area contributed by atoms with Crippen molar-refractivity contribution in [3.8, 4) is 0 Å². The lowest BCUT2D eigenvalue weighted by atomic mass is 10.1. The summed E-state index contributed by atoms with van der Waals surface area (Å²) in [6.07, 6.45) is -1.35. The SMILES string of the molecule is NC(N)=NCCCC(NC(=O)C(CS)NC(=O)C(N)CCC(=O)O)C(=O)NC(CC(=O)O)C(=O)O. The highest BCUT2D eigenvalue weighted by Crippen LogP contribution is 2.04. The Bertz CT molecular complexity index is 820. The topological polar surface area (TPSA) is 290 Å². The third-order valence-electron chi connectivity index (χ3n) is 4.39. The summed E-state index contributed by atoms with van der Waals surface area (Å²) in [5, 5.41) is 33.4. The van der Waals surface area contributed by atoms with E-state index >= 15 is 0 Å². The molecule has 0 aromatic rings. The van der Waals surface area contributed by atoms with E-state index in [2.05, 4.69) is 28.3 Å². The van der Waals surface area contributed by atoms with Gasteiger partial charge in [-0.2, -0.15) is 12.6 Å². The van der Waals surface area contributed by atoms with Crippen molar-refractivity contribution < 1.29 is 44.1 Å². The predicted molar refractivity (Wildman–Crippen MR) is 124 cm³/mol. The van der Waals surface area contributed by atoms with Crippen LogP contribution in [0, 0.1) is 0 Å². The summed E-state index contributed by atoms with van der Waals surface area (Å²) in [5.74, 6) is -7.33. The van der Waals surface area contributed by atoms with Gasteiger partial charge >= 0.3 is 17.9 Å². The van der Waals surface area contributed by atoms with Crippen LogP contribution in [0.2, 0.25) is 0 Å². The molecule has 0 aliphatic rings. The van der Waals surface area contributed by atoms with Crippen molar-refractivity contribution in [2.24, 2.45) is 22.2 Å². The van der Waals surface area contributed by atoms with Crippen molar-refractivity contribution in [2.45, 2.75) is 56.3 Å².